The number of aromatic amines is 1. The van der Waals surface area contributed by atoms with Gasteiger partial charge in [-0.05, 0) is 72.9 Å². The molecule has 1 aliphatic carbocycles. The van der Waals surface area contributed by atoms with Gasteiger partial charge in [0.2, 0.25) is 0 Å². The molecule has 1 N–H and O–H groups in total. The maximum Gasteiger partial charge on any atom is 0.439 e. The maximum atomic E-state index is 11.6. The lowest BCUT2D eigenvalue weighted by Crippen LogP contribution is -2.36. The molecule has 230 valence electrons. The van der Waals surface area contributed by atoms with Gasteiger partial charge in [-0.1, -0.05) is 35.0 Å². The van der Waals surface area contributed by atoms with Crippen molar-refractivity contribution in [2.24, 2.45) is 5.41 Å². The Morgan fingerprint density at radius 3 is 2.69 bits per heavy atom. The number of hydrogen-bond acceptors (Lipinski definition) is 8. The van der Waals surface area contributed by atoms with Crippen molar-refractivity contribution in [2.45, 2.75) is 57.0 Å². The summed E-state index contributed by atoms with van der Waals surface area (Å²) in [5.41, 5.74) is 5.36. The fraction of sp³-hybridized carbons (Fsp3) is 0.382. The normalized spacial score (nSPS) is 24.7. The van der Waals surface area contributed by atoms with E-state index in [0.29, 0.717) is 22.5 Å². The molecule has 6 heterocycles. The Hall–Kier alpha value is -4.28. The number of piperidine rings is 1. The van der Waals surface area contributed by atoms with Crippen LogP contribution >= 0.6 is 11.6 Å². The minimum Gasteiger partial charge on any atom is -0.443 e. The molecular formula is C34H32ClN5O5. The van der Waals surface area contributed by atoms with Crippen molar-refractivity contribution in [1.29, 1.82) is 0 Å². The Balaban J connectivity index is 0.965. The van der Waals surface area contributed by atoms with Crippen LogP contribution in [0.5, 0.6) is 11.5 Å². The molecule has 4 aliphatic rings. The highest BCUT2D eigenvalue weighted by atomic mass is 35.5. The van der Waals surface area contributed by atoms with E-state index < -0.39 is 11.5 Å². The van der Waals surface area contributed by atoms with Crippen LogP contribution in [0.1, 0.15) is 49.9 Å². The second-order valence-corrected chi connectivity index (χ2v) is 13.3. The Labute approximate surface area is 263 Å². The van der Waals surface area contributed by atoms with Gasteiger partial charge < -0.3 is 23.7 Å². The highest BCUT2D eigenvalue weighted by Gasteiger charge is 2.57. The second kappa shape index (κ2) is 9.86. The van der Waals surface area contributed by atoms with E-state index in [2.05, 4.69) is 48.9 Å². The summed E-state index contributed by atoms with van der Waals surface area (Å²) >= 11 is 6.07. The quantitative estimate of drug-likeness (QED) is 0.236. The molecular weight excluding hydrogens is 594 g/mol. The minimum absolute atomic E-state index is 0.225. The Morgan fingerprint density at radius 2 is 1.96 bits per heavy atom. The molecule has 0 amide bonds. The standard InChI is InChI=1S/C34H32ClN5O5/c1-33(29-8-7-22(35)18-36-29)43-28-4-2-3-25(30(28)44-33)39-12-10-34(11-13-39)17-24(34)27-15-20-5-6-21(31-37-32(41)45-38-31)16-26(20)40(27)19-23-9-14-42-23/h2-8,15-16,18,23-24H,9-14,17,19H2,1H3,(H,37,38,41)/t23-,24+,33+/m1/s1. The number of anilines is 1. The van der Waals surface area contributed by atoms with Crippen LogP contribution in [-0.2, 0) is 17.1 Å². The van der Waals surface area contributed by atoms with Gasteiger partial charge in [-0.25, -0.2) is 4.79 Å². The predicted octanol–water partition coefficient (Wildman–Crippen LogP) is 6.24. The Bertz CT molecular complexity index is 1990. The van der Waals surface area contributed by atoms with Crippen molar-refractivity contribution >= 4 is 28.2 Å². The van der Waals surface area contributed by atoms with E-state index in [9.17, 15) is 4.79 Å². The predicted molar refractivity (Wildman–Crippen MR) is 168 cm³/mol. The van der Waals surface area contributed by atoms with Crippen LogP contribution < -0.4 is 20.1 Å². The average Bonchev–Trinajstić information content (AvgIpc) is 3.31. The van der Waals surface area contributed by atoms with E-state index in [1.807, 2.05) is 31.2 Å². The van der Waals surface area contributed by atoms with Crippen LogP contribution in [0.2, 0.25) is 5.02 Å². The molecule has 0 radical (unpaired) electrons. The first-order chi connectivity index (χ1) is 21.9. The minimum atomic E-state index is -1.01. The van der Waals surface area contributed by atoms with Gasteiger partial charge in [0.05, 0.1) is 16.8 Å². The molecule has 0 unspecified atom stereocenters. The van der Waals surface area contributed by atoms with Crippen molar-refractivity contribution in [2.75, 3.05) is 24.6 Å². The van der Waals surface area contributed by atoms with E-state index in [4.69, 9.17) is 30.3 Å². The van der Waals surface area contributed by atoms with Crippen molar-refractivity contribution in [1.82, 2.24) is 19.7 Å². The third-order valence-electron chi connectivity index (χ3n) is 10.2. The van der Waals surface area contributed by atoms with Crippen molar-refractivity contribution < 1.29 is 18.7 Å². The number of H-pyrrole nitrogens is 1. The van der Waals surface area contributed by atoms with Crippen LogP contribution in [0.4, 0.5) is 5.69 Å². The molecule has 1 spiro atoms. The number of aromatic nitrogens is 4. The van der Waals surface area contributed by atoms with Gasteiger partial charge in [0, 0.05) is 62.1 Å². The lowest BCUT2D eigenvalue weighted by Gasteiger charge is -2.35. The smallest absolute Gasteiger partial charge is 0.439 e. The number of nitrogens with zero attached hydrogens (tertiary/aromatic N) is 4. The third kappa shape index (κ3) is 4.45. The second-order valence-electron chi connectivity index (χ2n) is 12.9. The van der Waals surface area contributed by atoms with Crippen molar-refractivity contribution in [3.05, 3.63) is 87.8 Å². The number of hydrogen-bond donors (Lipinski definition) is 1. The van der Waals surface area contributed by atoms with Crippen molar-refractivity contribution in [3.8, 4) is 22.9 Å². The molecule has 45 heavy (non-hydrogen) atoms. The molecule has 3 fully saturated rings. The SMILES string of the molecule is C[C@]1(c2ccc(Cl)cn2)Oc2cccc(N3CCC4(CC3)C[C@H]4c3cc4ccc(-c5noc(=O)[nH]5)cc4n3C[C@H]3CCO3)c2O1. The van der Waals surface area contributed by atoms with Crippen LogP contribution in [0.3, 0.4) is 0 Å². The van der Waals surface area contributed by atoms with E-state index in [1.54, 1.807) is 12.3 Å². The summed E-state index contributed by atoms with van der Waals surface area (Å²) in [6.45, 7) is 5.44. The Kier molecular flexibility index (Phi) is 5.93. The molecule has 9 rings (SSSR count). The summed E-state index contributed by atoms with van der Waals surface area (Å²) in [4.78, 5) is 21.2. The number of para-hydroxylation sites is 1. The maximum absolute atomic E-state index is 11.6. The fourth-order valence-electron chi connectivity index (χ4n) is 7.52. The molecule has 3 aromatic heterocycles. The number of pyridine rings is 1. The molecule has 2 saturated heterocycles. The lowest BCUT2D eigenvalue weighted by molar-refractivity contribution is -0.0716. The zero-order valence-electron chi connectivity index (χ0n) is 24.8. The summed E-state index contributed by atoms with van der Waals surface area (Å²) in [5.74, 6) is 0.864. The molecule has 2 aromatic carbocycles. The number of benzene rings is 2. The van der Waals surface area contributed by atoms with Gasteiger partial charge in [-0.3, -0.25) is 14.5 Å². The molecule has 3 atom stereocenters. The van der Waals surface area contributed by atoms with E-state index in [0.717, 1.165) is 73.8 Å². The van der Waals surface area contributed by atoms with Gasteiger partial charge in [0.1, 0.15) is 5.69 Å². The van der Waals surface area contributed by atoms with E-state index in [-0.39, 0.29) is 11.5 Å². The summed E-state index contributed by atoms with van der Waals surface area (Å²) in [7, 11) is 0. The number of rotatable bonds is 6. The first-order valence-corrected chi connectivity index (χ1v) is 15.9. The first-order valence-electron chi connectivity index (χ1n) is 15.6. The van der Waals surface area contributed by atoms with Gasteiger partial charge in [0.25, 0.3) is 5.79 Å². The van der Waals surface area contributed by atoms with Gasteiger partial charge in [-0.15, -0.1) is 0 Å². The summed E-state index contributed by atoms with van der Waals surface area (Å²) in [6.07, 6.45) is 6.29. The van der Waals surface area contributed by atoms with Gasteiger partial charge in [0.15, 0.2) is 17.3 Å². The monoisotopic (exact) mass is 625 g/mol. The Morgan fingerprint density at radius 1 is 1.09 bits per heavy atom. The molecule has 0 bridgehead atoms. The van der Waals surface area contributed by atoms with Crippen LogP contribution in [0.25, 0.3) is 22.3 Å². The number of halogens is 1. The number of ether oxygens (including phenoxy) is 3. The van der Waals surface area contributed by atoms with Gasteiger partial charge in [-0.2, -0.15) is 0 Å². The summed E-state index contributed by atoms with van der Waals surface area (Å²) in [5, 5.41) is 5.67. The molecule has 1 saturated carbocycles. The zero-order chi connectivity index (χ0) is 30.3. The molecule has 10 nitrogen and oxygen atoms in total. The van der Waals surface area contributed by atoms with Crippen LogP contribution in [0.15, 0.2) is 70.1 Å². The van der Waals surface area contributed by atoms with Gasteiger partial charge >= 0.3 is 5.76 Å². The summed E-state index contributed by atoms with van der Waals surface area (Å²) in [6, 6.07) is 18.3. The highest BCUT2D eigenvalue weighted by Crippen LogP contribution is 2.66. The van der Waals surface area contributed by atoms with E-state index in [1.165, 1.54) is 17.5 Å². The third-order valence-corrected chi connectivity index (χ3v) is 10.5. The largest absolute Gasteiger partial charge is 0.443 e. The average molecular weight is 626 g/mol. The fourth-order valence-corrected chi connectivity index (χ4v) is 7.64. The van der Waals surface area contributed by atoms with Crippen molar-refractivity contribution in [3.63, 3.8) is 0 Å². The number of fused-ring (bicyclic) bond motifs is 2. The zero-order valence-corrected chi connectivity index (χ0v) is 25.5. The number of nitrogens with one attached hydrogen (secondary N) is 1. The molecule has 5 aromatic rings. The van der Waals surface area contributed by atoms with E-state index >= 15 is 0 Å². The lowest BCUT2D eigenvalue weighted by atomic mass is 9.89. The highest BCUT2D eigenvalue weighted by molar-refractivity contribution is 6.30. The topological polar surface area (TPSA) is 108 Å². The molecule has 11 heteroatoms. The summed E-state index contributed by atoms with van der Waals surface area (Å²) < 4.78 is 25.9. The first kappa shape index (κ1) is 27.1. The molecule has 3 aliphatic heterocycles. The van der Waals surface area contributed by atoms with Crippen LogP contribution in [-0.4, -0.2) is 45.5 Å². The van der Waals surface area contributed by atoms with Crippen LogP contribution in [0, 0.1) is 5.41 Å².